The fraction of sp³-hybridized carbons (Fsp3) is 0.250. The van der Waals surface area contributed by atoms with Crippen molar-refractivity contribution in [3.63, 3.8) is 0 Å². The van der Waals surface area contributed by atoms with Crippen molar-refractivity contribution in [2.24, 2.45) is 21.4 Å². The lowest BCUT2D eigenvalue weighted by atomic mass is 9.77. The van der Waals surface area contributed by atoms with Crippen molar-refractivity contribution in [3.8, 4) is 0 Å². The van der Waals surface area contributed by atoms with E-state index >= 15 is 0 Å². The second-order valence-electron chi connectivity index (χ2n) is 11.1. The lowest BCUT2D eigenvalue weighted by molar-refractivity contribution is -0.136. The van der Waals surface area contributed by atoms with Crippen LogP contribution in [-0.2, 0) is 14.4 Å². The number of fused-ring (bicyclic) bond motifs is 2. The number of amides is 3. The Morgan fingerprint density at radius 2 is 1.68 bits per heavy atom. The molecular formula is C32H25BrF2N6O3. The van der Waals surface area contributed by atoms with Crippen molar-refractivity contribution >= 4 is 51.1 Å². The molecule has 3 heterocycles. The molecule has 12 heteroatoms. The lowest BCUT2D eigenvalue weighted by Gasteiger charge is -2.30. The normalized spacial score (nSPS) is 25.1. The van der Waals surface area contributed by atoms with Gasteiger partial charge in [0, 0.05) is 10.4 Å². The third-order valence-corrected chi connectivity index (χ3v) is 8.89. The van der Waals surface area contributed by atoms with Crippen molar-refractivity contribution in [1.82, 2.24) is 10.0 Å². The van der Waals surface area contributed by atoms with Crippen LogP contribution in [0.15, 0.2) is 98.3 Å². The molecule has 2 fully saturated rings. The van der Waals surface area contributed by atoms with E-state index in [9.17, 15) is 23.2 Å². The SMILES string of the molecule is O=C1[C@@H]2[C@@H](N=NN2CC(=O)N2N=C3/C(=C\c4ccc(F)cc4)CCC[C@@H]3[C@@H]2c2ccc(F)cc2)C(=O)N1c1cccc(Br)c1. The maximum absolute atomic E-state index is 14.0. The van der Waals surface area contributed by atoms with Crippen molar-refractivity contribution in [2.45, 2.75) is 37.4 Å². The average molecular weight is 659 g/mol. The minimum absolute atomic E-state index is 0.153. The molecule has 7 rings (SSSR count). The standard InChI is InChI=1S/C32H25BrF2N6O3/c33-21-4-2-5-24(16-21)40-31(43)28-30(32(40)44)39(38-36-28)17-26(42)41-29(19-9-13-23(35)14-10-19)25-6-1-3-20(27(25)37-41)15-18-7-11-22(34)12-8-18/h2,4-5,7-16,25,28-30H,1,3,6,17H2/b20-15-/t25-,28+,29-,30-/m0/s1. The maximum Gasteiger partial charge on any atom is 0.264 e. The summed E-state index contributed by atoms with van der Waals surface area (Å²) in [6.07, 6.45) is 4.30. The predicted molar refractivity (Wildman–Crippen MR) is 161 cm³/mol. The Kier molecular flexibility index (Phi) is 7.16. The Labute approximate surface area is 259 Å². The third-order valence-electron chi connectivity index (χ3n) is 8.40. The molecule has 222 valence electrons. The molecule has 3 aliphatic heterocycles. The number of halogens is 3. The zero-order chi connectivity index (χ0) is 30.5. The fourth-order valence-electron chi connectivity index (χ4n) is 6.40. The van der Waals surface area contributed by atoms with Crippen LogP contribution in [0.5, 0.6) is 0 Å². The monoisotopic (exact) mass is 658 g/mol. The van der Waals surface area contributed by atoms with E-state index in [4.69, 9.17) is 5.10 Å². The first kappa shape index (κ1) is 28.2. The molecule has 1 saturated carbocycles. The van der Waals surface area contributed by atoms with Gasteiger partial charge in [-0.25, -0.2) is 18.7 Å². The van der Waals surface area contributed by atoms with E-state index in [1.54, 1.807) is 48.5 Å². The number of nitrogens with zero attached hydrogens (tertiary/aromatic N) is 6. The Bertz CT molecular complexity index is 1760. The van der Waals surface area contributed by atoms with Gasteiger partial charge in [-0.05, 0) is 84.5 Å². The summed E-state index contributed by atoms with van der Waals surface area (Å²) >= 11 is 3.37. The molecule has 3 aromatic rings. The second kappa shape index (κ2) is 11.2. The van der Waals surface area contributed by atoms with Gasteiger partial charge in [0.25, 0.3) is 17.7 Å². The van der Waals surface area contributed by atoms with E-state index in [0.717, 1.165) is 46.6 Å². The Morgan fingerprint density at radius 3 is 2.41 bits per heavy atom. The first-order valence-electron chi connectivity index (χ1n) is 14.2. The van der Waals surface area contributed by atoms with E-state index in [1.165, 1.54) is 34.3 Å². The first-order valence-corrected chi connectivity index (χ1v) is 15.0. The molecule has 0 radical (unpaired) electrons. The van der Waals surface area contributed by atoms with Gasteiger partial charge in [-0.15, -0.1) is 0 Å². The van der Waals surface area contributed by atoms with Crippen LogP contribution in [0.2, 0.25) is 0 Å². The second-order valence-corrected chi connectivity index (χ2v) is 12.0. The van der Waals surface area contributed by atoms with E-state index in [0.29, 0.717) is 10.2 Å². The minimum Gasteiger partial charge on any atom is -0.271 e. The topological polar surface area (TPSA) is 98.0 Å². The Hall–Kier alpha value is -4.58. The predicted octanol–water partition coefficient (Wildman–Crippen LogP) is 5.84. The van der Waals surface area contributed by atoms with Gasteiger partial charge in [0.1, 0.15) is 18.2 Å². The number of benzene rings is 3. The van der Waals surface area contributed by atoms with Gasteiger partial charge in [0.2, 0.25) is 0 Å². The first-order chi connectivity index (χ1) is 21.3. The molecule has 1 aliphatic carbocycles. The van der Waals surface area contributed by atoms with Crippen molar-refractivity contribution in [1.29, 1.82) is 0 Å². The number of allylic oxidation sites excluding steroid dienone is 1. The van der Waals surface area contributed by atoms with E-state index < -0.39 is 41.7 Å². The molecule has 4 atom stereocenters. The number of hydrogen-bond donors (Lipinski definition) is 0. The molecule has 1 saturated heterocycles. The van der Waals surface area contributed by atoms with E-state index in [1.807, 2.05) is 6.08 Å². The zero-order valence-electron chi connectivity index (χ0n) is 23.2. The van der Waals surface area contributed by atoms with Crippen LogP contribution in [-0.4, -0.2) is 52.1 Å². The molecule has 4 aliphatic rings. The summed E-state index contributed by atoms with van der Waals surface area (Å²) in [5.74, 6) is -2.35. The summed E-state index contributed by atoms with van der Waals surface area (Å²) in [5.41, 5.74) is 3.63. The summed E-state index contributed by atoms with van der Waals surface area (Å²) in [6.45, 7) is -0.339. The highest BCUT2D eigenvalue weighted by Crippen LogP contribution is 2.45. The molecule has 0 aromatic heterocycles. The molecule has 3 aromatic carbocycles. The van der Waals surface area contributed by atoms with E-state index in [2.05, 4.69) is 26.3 Å². The van der Waals surface area contributed by atoms with Gasteiger partial charge in [0.05, 0.1) is 17.4 Å². The van der Waals surface area contributed by atoms with Gasteiger partial charge in [-0.1, -0.05) is 51.5 Å². The highest BCUT2D eigenvalue weighted by molar-refractivity contribution is 9.10. The van der Waals surface area contributed by atoms with Crippen molar-refractivity contribution in [3.05, 3.63) is 106 Å². The lowest BCUT2D eigenvalue weighted by Crippen LogP contribution is -2.45. The number of imide groups is 1. The van der Waals surface area contributed by atoms with Crippen molar-refractivity contribution in [2.75, 3.05) is 11.4 Å². The van der Waals surface area contributed by atoms with Crippen molar-refractivity contribution < 1.29 is 23.2 Å². The number of carbonyl (C=O) groups is 3. The fourth-order valence-corrected chi connectivity index (χ4v) is 6.78. The number of hydrazone groups is 1. The van der Waals surface area contributed by atoms with Gasteiger partial charge in [0.15, 0.2) is 12.1 Å². The number of hydrogen-bond acceptors (Lipinski definition) is 7. The highest BCUT2D eigenvalue weighted by Gasteiger charge is 2.55. The van der Waals surface area contributed by atoms with Gasteiger partial charge >= 0.3 is 0 Å². The van der Waals surface area contributed by atoms with Gasteiger partial charge < -0.3 is 0 Å². The molecular weight excluding hydrogens is 634 g/mol. The molecule has 0 N–H and O–H groups in total. The molecule has 9 nitrogen and oxygen atoms in total. The molecule has 44 heavy (non-hydrogen) atoms. The van der Waals surface area contributed by atoms with Crippen LogP contribution < -0.4 is 4.90 Å². The Balaban J connectivity index is 1.19. The summed E-state index contributed by atoms with van der Waals surface area (Å²) in [7, 11) is 0. The quantitative estimate of drug-likeness (QED) is 0.322. The summed E-state index contributed by atoms with van der Waals surface area (Å²) in [5, 5.41) is 15.6. The van der Waals surface area contributed by atoms with Crippen LogP contribution in [0, 0.1) is 17.6 Å². The van der Waals surface area contributed by atoms with Crippen LogP contribution >= 0.6 is 15.9 Å². The van der Waals surface area contributed by atoms with Gasteiger partial charge in [-0.3, -0.25) is 19.4 Å². The smallest absolute Gasteiger partial charge is 0.264 e. The molecule has 3 amide bonds. The van der Waals surface area contributed by atoms with Crippen LogP contribution in [0.25, 0.3) is 6.08 Å². The van der Waals surface area contributed by atoms with Crippen LogP contribution in [0.3, 0.4) is 0 Å². The molecule has 0 bridgehead atoms. The summed E-state index contributed by atoms with van der Waals surface area (Å²) in [6, 6.07) is 16.4. The average Bonchev–Trinajstić information content (AvgIpc) is 3.68. The number of rotatable bonds is 5. The zero-order valence-corrected chi connectivity index (χ0v) is 24.8. The minimum atomic E-state index is -1.06. The molecule has 0 spiro atoms. The highest BCUT2D eigenvalue weighted by atomic mass is 79.9. The van der Waals surface area contributed by atoms with Crippen LogP contribution in [0.1, 0.15) is 36.4 Å². The summed E-state index contributed by atoms with van der Waals surface area (Å²) in [4.78, 5) is 41.7. The summed E-state index contributed by atoms with van der Waals surface area (Å²) < 4.78 is 28.1. The van der Waals surface area contributed by atoms with Gasteiger partial charge in [-0.2, -0.15) is 10.2 Å². The largest absolute Gasteiger partial charge is 0.271 e. The van der Waals surface area contributed by atoms with E-state index in [-0.39, 0.29) is 18.3 Å². The third kappa shape index (κ3) is 4.92. The Morgan fingerprint density at radius 1 is 0.955 bits per heavy atom. The number of anilines is 1. The molecule has 0 unspecified atom stereocenters. The van der Waals surface area contributed by atoms with Crippen LogP contribution in [0.4, 0.5) is 14.5 Å². The number of carbonyl (C=O) groups excluding carboxylic acids is 3. The maximum atomic E-state index is 14.0.